The van der Waals surface area contributed by atoms with Gasteiger partial charge in [0.25, 0.3) is 0 Å². The van der Waals surface area contributed by atoms with Crippen molar-refractivity contribution in [2.75, 3.05) is 26.2 Å². The fraction of sp³-hybridized carbons (Fsp3) is 0.882. The van der Waals surface area contributed by atoms with Crippen molar-refractivity contribution in [3.05, 3.63) is 0 Å². The molecule has 5 nitrogen and oxygen atoms in total. The number of carbonyl (C=O) groups excluding carboxylic acids is 2. The van der Waals surface area contributed by atoms with E-state index >= 15 is 0 Å². The summed E-state index contributed by atoms with van der Waals surface area (Å²) >= 11 is 0. The molecule has 1 unspecified atom stereocenters. The maximum absolute atomic E-state index is 12.4. The molecule has 0 radical (unpaired) electrons. The summed E-state index contributed by atoms with van der Waals surface area (Å²) in [5.74, 6) is 0.527. The molecule has 0 N–H and O–H groups in total. The second-order valence-corrected chi connectivity index (χ2v) is 9.09. The Hall–Kier alpha value is -1.26. The zero-order valence-corrected chi connectivity index (χ0v) is 14.4. The molecule has 0 bridgehead atoms. The van der Waals surface area contributed by atoms with Crippen molar-refractivity contribution < 1.29 is 14.3 Å². The summed E-state index contributed by atoms with van der Waals surface area (Å²) in [5, 5.41) is 0. The van der Waals surface area contributed by atoms with Crippen molar-refractivity contribution in [1.82, 2.24) is 9.80 Å². The summed E-state index contributed by atoms with van der Waals surface area (Å²) in [6.07, 6.45) is 1.76. The van der Waals surface area contributed by atoms with Crippen molar-refractivity contribution >= 4 is 12.0 Å². The van der Waals surface area contributed by atoms with Crippen LogP contribution in [0.15, 0.2) is 0 Å². The Kier molecular flexibility index (Phi) is 3.28. The lowest BCUT2D eigenvalue weighted by atomic mass is 9.78. The average Bonchev–Trinajstić information content (AvgIpc) is 2.80. The smallest absolute Gasteiger partial charge is 0.410 e. The van der Waals surface area contributed by atoms with Crippen molar-refractivity contribution in [2.45, 2.75) is 53.1 Å². The molecule has 2 aliphatic heterocycles. The van der Waals surface area contributed by atoms with Crippen LogP contribution in [0.25, 0.3) is 0 Å². The predicted octanol–water partition coefficient (Wildman–Crippen LogP) is 2.50. The fourth-order valence-corrected chi connectivity index (χ4v) is 3.70. The third-order valence-corrected chi connectivity index (χ3v) is 5.27. The van der Waals surface area contributed by atoms with E-state index in [1.165, 1.54) is 0 Å². The average molecular weight is 308 g/mol. The van der Waals surface area contributed by atoms with E-state index in [2.05, 4.69) is 13.8 Å². The zero-order chi connectivity index (χ0) is 16.3. The van der Waals surface area contributed by atoms with Crippen LogP contribution < -0.4 is 0 Å². The summed E-state index contributed by atoms with van der Waals surface area (Å²) in [7, 11) is 0. The Morgan fingerprint density at radius 1 is 1.09 bits per heavy atom. The molecule has 1 saturated carbocycles. The number of amides is 2. The molecule has 124 valence electrons. The minimum Gasteiger partial charge on any atom is -0.444 e. The highest BCUT2D eigenvalue weighted by Crippen LogP contribution is 2.54. The van der Waals surface area contributed by atoms with E-state index in [1.807, 2.05) is 25.7 Å². The lowest BCUT2D eigenvalue weighted by molar-refractivity contribution is -0.144. The van der Waals surface area contributed by atoms with Crippen LogP contribution in [0.5, 0.6) is 0 Å². The minimum atomic E-state index is -0.452. The summed E-state index contributed by atoms with van der Waals surface area (Å²) < 4.78 is 5.44. The first-order chi connectivity index (χ1) is 10.0. The molecule has 1 spiro atoms. The van der Waals surface area contributed by atoms with Gasteiger partial charge in [0.2, 0.25) is 5.91 Å². The Bertz CT molecular complexity index is 501. The second-order valence-electron chi connectivity index (χ2n) is 9.09. The highest BCUT2D eigenvalue weighted by atomic mass is 16.6. The van der Waals surface area contributed by atoms with Gasteiger partial charge in [-0.1, -0.05) is 13.8 Å². The molecule has 3 rings (SSSR count). The van der Waals surface area contributed by atoms with Crippen molar-refractivity contribution in [3.63, 3.8) is 0 Å². The lowest BCUT2D eigenvalue weighted by Gasteiger charge is -2.48. The normalized spacial score (nSPS) is 28.5. The molecule has 0 aromatic heterocycles. The highest BCUT2D eigenvalue weighted by molar-refractivity contribution is 5.83. The molecular weight excluding hydrogens is 280 g/mol. The van der Waals surface area contributed by atoms with Crippen LogP contribution in [0.3, 0.4) is 0 Å². The Morgan fingerprint density at radius 3 is 2.14 bits per heavy atom. The van der Waals surface area contributed by atoms with Gasteiger partial charge in [-0.05, 0) is 39.0 Å². The summed E-state index contributed by atoms with van der Waals surface area (Å²) in [5.41, 5.74) is -0.143. The zero-order valence-electron chi connectivity index (χ0n) is 14.4. The van der Waals surface area contributed by atoms with E-state index in [0.29, 0.717) is 5.91 Å². The monoisotopic (exact) mass is 308 g/mol. The van der Waals surface area contributed by atoms with Crippen LogP contribution >= 0.6 is 0 Å². The number of likely N-dealkylation sites (tertiary alicyclic amines) is 2. The van der Waals surface area contributed by atoms with Gasteiger partial charge in [0.05, 0.1) is 0 Å². The maximum atomic E-state index is 12.4. The van der Waals surface area contributed by atoms with Gasteiger partial charge < -0.3 is 14.5 Å². The summed E-state index contributed by atoms with van der Waals surface area (Å²) in [6.45, 7) is 13.0. The highest BCUT2D eigenvalue weighted by Gasteiger charge is 2.57. The van der Waals surface area contributed by atoms with Gasteiger partial charge in [0, 0.05) is 37.5 Å². The van der Waals surface area contributed by atoms with Gasteiger partial charge in [0.15, 0.2) is 0 Å². The van der Waals surface area contributed by atoms with Crippen molar-refractivity contribution in [2.24, 2.45) is 16.7 Å². The topological polar surface area (TPSA) is 49.9 Å². The van der Waals surface area contributed by atoms with Crippen LogP contribution in [-0.2, 0) is 9.53 Å². The molecule has 0 aromatic rings. The summed E-state index contributed by atoms with van der Waals surface area (Å²) in [6, 6.07) is 0. The van der Waals surface area contributed by atoms with Gasteiger partial charge in [0.1, 0.15) is 5.60 Å². The Balaban J connectivity index is 1.50. The van der Waals surface area contributed by atoms with Gasteiger partial charge >= 0.3 is 6.09 Å². The molecular formula is C17H28N2O3. The number of carbonyl (C=O) groups is 2. The van der Waals surface area contributed by atoms with Gasteiger partial charge in [-0.15, -0.1) is 0 Å². The van der Waals surface area contributed by atoms with Crippen LogP contribution in [0.1, 0.15) is 47.5 Å². The molecule has 1 atom stereocenters. The number of ether oxygens (including phenoxy) is 1. The number of nitrogens with zero attached hydrogens (tertiary/aromatic N) is 2. The quantitative estimate of drug-likeness (QED) is 0.748. The predicted molar refractivity (Wildman–Crippen MR) is 83.3 cm³/mol. The summed E-state index contributed by atoms with van der Waals surface area (Å²) in [4.78, 5) is 28.3. The van der Waals surface area contributed by atoms with E-state index in [0.717, 1.165) is 39.0 Å². The van der Waals surface area contributed by atoms with Crippen LogP contribution in [0.4, 0.5) is 4.79 Å². The first kappa shape index (κ1) is 15.6. The van der Waals surface area contributed by atoms with E-state index < -0.39 is 5.60 Å². The van der Waals surface area contributed by atoms with Crippen LogP contribution in [0.2, 0.25) is 0 Å². The Morgan fingerprint density at radius 2 is 1.64 bits per heavy atom. The number of hydrogen-bond donors (Lipinski definition) is 0. The standard InChI is InChI=1S/C17H28N2O3/c1-15(2,3)22-14(21)18-7-6-17(9-18)10-19(11-17)13(20)12-8-16(12,4)5/h12H,6-11H2,1-5H3. The lowest BCUT2D eigenvalue weighted by Crippen LogP contribution is -2.60. The number of rotatable bonds is 1. The molecule has 2 amide bonds. The van der Waals surface area contributed by atoms with Crippen molar-refractivity contribution in [3.8, 4) is 0 Å². The SMILES string of the molecule is CC(C)(C)OC(=O)N1CCC2(C1)CN(C(=O)C1CC1(C)C)C2. The van der Waals surface area contributed by atoms with Gasteiger partial charge in [-0.3, -0.25) is 4.79 Å². The second kappa shape index (κ2) is 4.62. The molecule has 2 saturated heterocycles. The number of hydrogen-bond acceptors (Lipinski definition) is 3. The molecule has 22 heavy (non-hydrogen) atoms. The van der Waals surface area contributed by atoms with E-state index in [1.54, 1.807) is 4.90 Å². The third kappa shape index (κ3) is 2.82. The molecule has 5 heteroatoms. The van der Waals surface area contributed by atoms with Crippen LogP contribution in [0, 0.1) is 16.7 Å². The molecule has 0 aromatic carbocycles. The first-order valence-corrected chi connectivity index (χ1v) is 8.28. The molecule has 1 aliphatic carbocycles. The molecule has 3 aliphatic rings. The van der Waals surface area contributed by atoms with Crippen LogP contribution in [-0.4, -0.2) is 53.6 Å². The molecule has 2 heterocycles. The minimum absolute atomic E-state index is 0.117. The van der Waals surface area contributed by atoms with Gasteiger partial charge in [-0.2, -0.15) is 0 Å². The third-order valence-electron chi connectivity index (χ3n) is 5.27. The van der Waals surface area contributed by atoms with E-state index in [9.17, 15) is 9.59 Å². The molecule has 3 fully saturated rings. The van der Waals surface area contributed by atoms with Gasteiger partial charge in [-0.25, -0.2) is 4.79 Å². The fourth-order valence-electron chi connectivity index (χ4n) is 3.70. The first-order valence-electron chi connectivity index (χ1n) is 8.28. The Labute approximate surface area is 133 Å². The van der Waals surface area contributed by atoms with E-state index in [4.69, 9.17) is 4.74 Å². The van der Waals surface area contributed by atoms with Crippen molar-refractivity contribution in [1.29, 1.82) is 0 Å². The maximum Gasteiger partial charge on any atom is 0.410 e. The largest absolute Gasteiger partial charge is 0.444 e. The van der Waals surface area contributed by atoms with E-state index in [-0.39, 0.29) is 22.8 Å².